The molecule has 0 bridgehead atoms. The fourth-order valence-corrected chi connectivity index (χ4v) is 4.17. The van der Waals surface area contributed by atoms with Crippen molar-refractivity contribution >= 4 is 28.3 Å². The minimum absolute atomic E-state index is 0.00867. The standard InChI is InChI=1S/C26H29N3O2/c1-18(2)25(28-24(30)16-19-8-4-3-5-9-19)26(31)29-14-12-20(13-15-29)22-17-27-23-11-7-6-10-21(22)23/h3-12,17-18,25,27H,13-16H2,1-2H3,(H,28,30). The first-order chi connectivity index (χ1) is 15.0. The maximum absolute atomic E-state index is 13.2. The first-order valence-corrected chi connectivity index (χ1v) is 10.9. The van der Waals surface area contributed by atoms with Gasteiger partial charge in [0.2, 0.25) is 11.8 Å². The molecule has 0 saturated carbocycles. The number of carbonyl (C=O) groups excluding carboxylic acids is 2. The molecule has 2 heterocycles. The van der Waals surface area contributed by atoms with Crippen molar-refractivity contribution in [1.29, 1.82) is 0 Å². The van der Waals surface area contributed by atoms with Gasteiger partial charge in [0.1, 0.15) is 6.04 Å². The highest BCUT2D eigenvalue weighted by Crippen LogP contribution is 2.29. The maximum Gasteiger partial charge on any atom is 0.245 e. The molecule has 2 aromatic carbocycles. The monoisotopic (exact) mass is 415 g/mol. The van der Waals surface area contributed by atoms with E-state index in [2.05, 4.69) is 34.7 Å². The van der Waals surface area contributed by atoms with E-state index in [-0.39, 0.29) is 24.2 Å². The molecule has 5 nitrogen and oxygen atoms in total. The second kappa shape index (κ2) is 9.21. The van der Waals surface area contributed by atoms with E-state index in [1.807, 2.05) is 61.2 Å². The number of hydrogen-bond donors (Lipinski definition) is 2. The summed E-state index contributed by atoms with van der Waals surface area (Å²) in [5.41, 5.74) is 4.53. The number of aromatic amines is 1. The van der Waals surface area contributed by atoms with E-state index in [9.17, 15) is 9.59 Å². The Morgan fingerprint density at radius 1 is 1.06 bits per heavy atom. The van der Waals surface area contributed by atoms with E-state index in [0.717, 1.165) is 17.5 Å². The van der Waals surface area contributed by atoms with Gasteiger partial charge in [0, 0.05) is 35.8 Å². The van der Waals surface area contributed by atoms with Crippen molar-refractivity contribution in [3.8, 4) is 0 Å². The number of nitrogens with one attached hydrogen (secondary N) is 2. The van der Waals surface area contributed by atoms with Crippen molar-refractivity contribution in [2.75, 3.05) is 13.1 Å². The van der Waals surface area contributed by atoms with Gasteiger partial charge >= 0.3 is 0 Å². The molecule has 31 heavy (non-hydrogen) atoms. The van der Waals surface area contributed by atoms with Crippen LogP contribution in [0, 0.1) is 5.92 Å². The summed E-state index contributed by atoms with van der Waals surface area (Å²) in [6.45, 7) is 5.17. The lowest BCUT2D eigenvalue weighted by atomic mass is 9.97. The smallest absolute Gasteiger partial charge is 0.245 e. The largest absolute Gasteiger partial charge is 0.361 e. The van der Waals surface area contributed by atoms with E-state index in [1.54, 1.807) is 0 Å². The normalized spacial score (nSPS) is 15.1. The van der Waals surface area contributed by atoms with Gasteiger partial charge in [-0.15, -0.1) is 0 Å². The molecule has 1 atom stereocenters. The zero-order chi connectivity index (χ0) is 21.8. The zero-order valence-corrected chi connectivity index (χ0v) is 18.1. The lowest BCUT2D eigenvalue weighted by Crippen LogP contribution is -2.52. The highest BCUT2D eigenvalue weighted by molar-refractivity contribution is 5.93. The van der Waals surface area contributed by atoms with Crippen molar-refractivity contribution in [1.82, 2.24) is 15.2 Å². The Hall–Kier alpha value is -3.34. The summed E-state index contributed by atoms with van der Waals surface area (Å²) in [5.74, 6) is -0.109. The van der Waals surface area contributed by atoms with Crippen molar-refractivity contribution in [2.24, 2.45) is 5.92 Å². The lowest BCUT2D eigenvalue weighted by Gasteiger charge is -2.32. The topological polar surface area (TPSA) is 65.2 Å². The molecular formula is C26H29N3O2. The van der Waals surface area contributed by atoms with Crippen molar-refractivity contribution < 1.29 is 9.59 Å². The summed E-state index contributed by atoms with van der Waals surface area (Å²) < 4.78 is 0. The number of H-pyrrole nitrogens is 1. The van der Waals surface area contributed by atoms with Crippen LogP contribution in [0.1, 0.15) is 31.4 Å². The van der Waals surface area contributed by atoms with Crippen molar-refractivity contribution in [3.05, 3.63) is 78.0 Å². The van der Waals surface area contributed by atoms with Gasteiger partial charge in [-0.3, -0.25) is 9.59 Å². The van der Waals surface area contributed by atoms with Gasteiger partial charge in [-0.05, 0) is 29.5 Å². The van der Waals surface area contributed by atoms with Gasteiger partial charge in [-0.2, -0.15) is 0 Å². The molecule has 0 saturated heterocycles. The number of carbonyl (C=O) groups is 2. The van der Waals surface area contributed by atoms with Gasteiger partial charge in [0.05, 0.1) is 6.42 Å². The van der Waals surface area contributed by atoms with Crippen LogP contribution in [0.2, 0.25) is 0 Å². The predicted molar refractivity (Wildman–Crippen MR) is 124 cm³/mol. The molecule has 0 aliphatic carbocycles. The van der Waals surface area contributed by atoms with E-state index < -0.39 is 6.04 Å². The summed E-state index contributed by atoms with van der Waals surface area (Å²) >= 11 is 0. The molecule has 160 valence electrons. The molecule has 2 amide bonds. The molecule has 2 N–H and O–H groups in total. The molecule has 0 spiro atoms. The number of amides is 2. The van der Waals surface area contributed by atoms with Gasteiger partial charge < -0.3 is 15.2 Å². The number of hydrogen-bond acceptors (Lipinski definition) is 2. The summed E-state index contributed by atoms with van der Waals surface area (Å²) in [7, 11) is 0. The number of nitrogens with zero attached hydrogens (tertiary/aromatic N) is 1. The molecule has 3 aromatic rings. The van der Waals surface area contributed by atoms with Crippen LogP contribution in [0.4, 0.5) is 0 Å². The predicted octanol–water partition coefficient (Wildman–Crippen LogP) is 4.17. The molecule has 4 rings (SSSR count). The third-order valence-corrected chi connectivity index (χ3v) is 5.91. The summed E-state index contributed by atoms with van der Waals surface area (Å²) in [5, 5.41) is 4.18. The Labute approximate surface area is 183 Å². The van der Waals surface area contributed by atoms with E-state index >= 15 is 0 Å². The minimum atomic E-state index is -0.515. The first-order valence-electron chi connectivity index (χ1n) is 10.9. The average Bonchev–Trinajstić information content (AvgIpc) is 3.22. The molecule has 0 radical (unpaired) electrons. The minimum Gasteiger partial charge on any atom is -0.361 e. The Morgan fingerprint density at radius 2 is 1.81 bits per heavy atom. The van der Waals surface area contributed by atoms with Crippen LogP contribution in [-0.2, 0) is 16.0 Å². The number of rotatable bonds is 6. The van der Waals surface area contributed by atoms with Gasteiger partial charge in [0.25, 0.3) is 0 Å². The Kier molecular flexibility index (Phi) is 6.21. The molecular weight excluding hydrogens is 386 g/mol. The van der Waals surface area contributed by atoms with Crippen LogP contribution >= 0.6 is 0 Å². The second-order valence-corrected chi connectivity index (χ2v) is 8.46. The Morgan fingerprint density at radius 3 is 2.52 bits per heavy atom. The summed E-state index contributed by atoms with van der Waals surface area (Å²) in [4.78, 5) is 30.9. The summed E-state index contributed by atoms with van der Waals surface area (Å²) in [6.07, 6.45) is 5.27. The van der Waals surface area contributed by atoms with Crippen molar-refractivity contribution in [2.45, 2.75) is 32.7 Å². The Balaban J connectivity index is 1.42. The third-order valence-electron chi connectivity index (χ3n) is 5.91. The number of aromatic nitrogens is 1. The third kappa shape index (κ3) is 4.71. The van der Waals surface area contributed by atoms with Crippen LogP contribution < -0.4 is 5.32 Å². The lowest BCUT2D eigenvalue weighted by molar-refractivity contribution is -0.137. The van der Waals surface area contributed by atoms with E-state index in [0.29, 0.717) is 13.1 Å². The second-order valence-electron chi connectivity index (χ2n) is 8.46. The molecule has 5 heteroatoms. The number of para-hydroxylation sites is 1. The van der Waals surface area contributed by atoms with Gasteiger partial charge in [-0.1, -0.05) is 68.5 Å². The van der Waals surface area contributed by atoms with E-state index in [1.165, 1.54) is 16.5 Å². The van der Waals surface area contributed by atoms with Crippen LogP contribution in [-0.4, -0.2) is 40.8 Å². The van der Waals surface area contributed by atoms with Crippen molar-refractivity contribution in [3.63, 3.8) is 0 Å². The maximum atomic E-state index is 13.2. The van der Waals surface area contributed by atoms with Crippen LogP contribution in [0.25, 0.3) is 16.5 Å². The SMILES string of the molecule is CC(C)C(NC(=O)Cc1ccccc1)C(=O)N1CC=C(c2c[nH]c3ccccc23)CC1. The fourth-order valence-electron chi connectivity index (χ4n) is 4.17. The Bertz CT molecular complexity index is 1100. The van der Waals surface area contributed by atoms with Crippen LogP contribution in [0.15, 0.2) is 66.9 Å². The fraction of sp³-hybridized carbons (Fsp3) is 0.308. The number of benzene rings is 2. The van der Waals surface area contributed by atoms with Crippen LogP contribution in [0.3, 0.4) is 0 Å². The molecule has 1 aliphatic heterocycles. The molecule has 0 fully saturated rings. The average molecular weight is 416 g/mol. The summed E-state index contributed by atoms with van der Waals surface area (Å²) in [6, 6.07) is 17.4. The molecule has 1 unspecified atom stereocenters. The zero-order valence-electron chi connectivity index (χ0n) is 18.1. The highest BCUT2D eigenvalue weighted by atomic mass is 16.2. The first kappa shape index (κ1) is 20.9. The van der Waals surface area contributed by atoms with Gasteiger partial charge in [0.15, 0.2) is 0 Å². The van der Waals surface area contributed by atoms with Crippen LogP contribution in [0.5, 0.6) is 0 Å². The van der Waals surface area contributed by atoms with E-state index in [4.69, 9.17) is 0 Å². The number of fused-ring (bicyclic) bond motifs is 1. The highest BCUT2D eigenvalue weighted by Gasteiger charge is 2.29. The molecule has 1 aliphatic rings. The molecule has 1 aromatic heterocycles. The quantitative estimate of drug-likeness (QED) is 0.635. The van der Waals surface area contributed by atoms with Gasteiger partial charge in [-0.25, -0.2) is 0 Å².